The molecule has 0 saturated heterocycles. The molecule has 1 heterocycles. The minimum atomic E-state index is -3.17. The van der Waals surface area contributed by atoms with E-state index in [-0.39, 0.29) is 6.54 Å². The standard InChI is InChI=1S/C13H18N4O9/c14-2-5-8(20)7(10(22)16-5)6(19)1-13(11(23)24,12(25)26)17-9(21)4(15)3-18/h4-5,18,20H,1-3,14-15H2,(H,16,22)(H,17,21)(H,23,24)(H,25,26)/t4-,5?/m0/s1. The van der Waals surface area contributed by atoms with Crippen LogP contribution in [-0.4, -0.2) is 80.7 Å². The molecule has 0 aromatic rings. The van der Waals surface area contributed by atoms with E-state index in [1.807, 2.05) is 0 Å². The molecular formula is C13H18N4O9. The molecule has 0 spiro atoms. The van der Waals surface area contributed by atoms with E-state index >= 15 is 0 Å². The van der Waals surface area contributed by atoms with Crippen molar-refractivity contribution in [2.75, 3.05) is 13.2 Å². The third kappa shape index (κ3) is 3.79. The molecule has 26 heavy (non-hydrogen) atoms. The molecule has 2 amide bonds. The van der Waals surface area contributed by atoms with Crippen LogP contribution < -0.4 is 22.1 Å². The summed E-state index contributed by atoms with van der Waals surface area (Å²) in [6, 6.07) is -2.73. The van der Waals surface area contributed by atoms with Crippen LogP contribution in [0.25, 0.3) is 0 Å². The van der Waals surface area contributed by atoms with Gasteiger partial charge in [-0.2, -0.15) is 0 Å². The van der Waals surface area contributed by atoms with E-state index in [1.165, 1.54) is 0 Å². The van der Waals surface area contributed by atoms with Crippen molar-refractivity contribution in [3.05, 3.63) is 11.3 Å². The summed E-state index contributed by atoms with van der Waals surface area (Å²) in [4.78, 5) is 58.8. The van der Waals surface area contributed by atoms with E-state index in [2.05, 4.69) is 5.32 Å². The zero-order valence-corrected chi connectivity index (χ0v) is 13.3. The Bertz CT molecular complexity index is 673. The lowest BCUT2D eigenvalue weighted by molar-refractivity contribution is -0.163. The van der Waals surface area contributed by atoms with Gasteiger partial charge in [0.15, 0.2) is 5.78 Å². The monoisotopic (exact) mass is 374 g/mol. The van der Waals surface area contributed by atoms with Gasteiger partial charge in [0.25, 0.3) is 5.91 Å². The predicted molar refractivity (Wildman–Crippen MR) is 81.5 cm³/mol. The van der Waals surface area contributed by atoms with Gasteiger partial charge in [0.1, 0.15) is 17.4 Å². The number of ketones is 1. The lowest BCUT2D eigenvalue weighted by atomic mass is 9.89. The number of Topliss-reactive ketones (excluding diaryl/α,β-unsaturated/α-hetero) is 1. The number of aliphatic hydroxyl groups excluding tert-OH is 2. The summed E-state index contributed by atoms with van der Waals surface area (Å²) in [7, 11) is 0. The fourth-order valence-corrected chi connectivity index (χ4v) is 2.14. The molecular weight excluding hydrogens is 356 g/mol. The zero-order valence-electron chi connectivity index (χ0n) is 13.3. The molecule has 1 aliphatic heterocycles. The first-order valence-electron chi connectivity index (χ1n) is 7.14. The molecule has 0 aromatic carbocycles. The Morgan fingerprint density at radius 1 is 1.23 bits per heavy atom. The Labute approximate surface area is 145 Å². The van der Waals surface area contributed by atoms with Crippen molar-refractivity contribution < 1.29 is 44.4 Å². The van der Waals surface area contributed by atoms with Gasteiger partial charge in [0.05, 0.1) is 19.1 Å². The number of aliphatic hydroxyl groups is 2. The third-order valence-electron chi connectivity index (χ3n) is 3.66. The van der Waals surface area contributed by atoms with Crippen LogP contribution >= 0.6 is 0 Å². The predicted octanol–water partition coefficient (Wildman–Crippen LogP) is -4.44. The number of rotatable bonds is 9. The minimum absolute atomic E-state index is 0.264. The second-order valence-corrected chi connectivity index (χ2v) is 5.42. The normalized spacial score (nSPS) is 18.3. The maximum absolute atomic E-state index is 12.3. The summed E-state index contributed by atoms with van der Waals surface area (Å²) in [5.74, 6) is -8.76. The van der Waals surface area contributed by atoms with Gasteiger partial charge in [-0.3, -0.25) is 14.4 Å². The Morgan fingerprint density at radius 2 is 1.77 bits per heavy atom. The highest BCUT2D eigenvalue weighted by Gasteiger charge is 2.52. The number of carbonyl (C=O) groups is 5. The van der Waals surface area contributed by atoms with Gasteiger partial charge in [0, 0.05) is 6.54 Å². The molecule has 0 radical (unpaired) electrons. The van der Waals surface area contributed by atoms with Gasteiger partial charge in [-0.05, 0) is 0 Å². The van der Waals surface area contributed by atoms with Gasteiger partial charge in [-0.1, -0.05) is 0 Å². The van der Waals surface area contributed by atoms with Crippen molar-refractivity contribution in [1.82, 2.24) is 10.6 Å². The van der Waals surface area contributed by atoms with Crippen LogP contribution in [0.2, 0.25) is 0 Å². The van der Waals surface area contributed by atoms with E-state index in [9.17, 15) is 39.3 Å². The van der Waals surface area contributed by atoms with Crippen LogP contribution in [0.5, 0.6) is 0 Å². The van der Waals surface area contributed by atoms with E-state index in [0.29, 0.717) is 0 Å². The van der Waals surface area contributed by atoms with Crippen LogP contribution in [0.1, 0.15) is 6.42 Å². The number of nitrogens with one attached hydrogen (secondary N) is 2. The lowest BCUT2D eigenvalue weighted by Crippen LogP contribution is -2.64. The van der Waals surface area contributed by atoms with Crippen LogP contribution in [-0.2, 0) is 24.0 Å². The first kappa shape index (κ1) is 21.0. The van der Waals surface area contributed by atoms with Crippen molar-refractivity contribution in [1.29, 1.82) is 0 Å². The molecule has 13 nitrogen and oxygen atoms in total. The maximum atomic E-state index is 12.3. The number of carbonyl (C=O) groups excluding carboxylic acids is 3. The van der Waals surface area contributed by atoms with Gasteiger partial charge < -0.3 is 42.5 Å². The van der Waals surface area contributed by atoms with Crippen molar-refractivity contribution in [2.24, 2.45) is 11.5 Å². The van der Waals surface area contributed by atoms with Crippen molar-refractivity contribution in [3.63, 3.8) is 0 Å². The molecule has 1 unspecified atom stereocenters. The number of carboxylic acids is 2. The summed E-state index contributed by atoms with van der Waals surface area (Å²) in [5, 5.41) is 40.9. The molecule has 10 N–H and O–H groups in total. The Hall–Kier alpha value is -3.03. The first-order valence-corrected chi connectivity index (χ1v) is 7.14. The van der Waals surface area contributed by atoms with Crippen LogP contribution in [0.15, 0.2) is 11.3 Å². The first-order chi connectivity index (χ1) is 12.0. The van der Waals surface area contributed by atoms with Crippen LogP contribution in [0.3, 0.4) is 0 Å². The SMILES string of the molecule is NCC1NC(=O)C(C(=O)CC(NC(=O)[C@@H](N)CO)(C(=O)O)C(=O)O)=C1O. The molecule has 0 fully saturated rings. The van der Waals surface area contributed by atoms with Gasteiger partial charge >= 0.3 is 11.9 Å². The summed E-state index contributed by atoms with van der Waals surface area (Å²) in [6.45, 7) is -1.18. The minimum Gasteiger partial charge on any atom is -0.509 e. The third-order valence-corrected chi connectivity index (χ3v) is 3.66. The summed E-state index contributed by atoms with van der Waals surface area (Å²) in [6.07, 6.45) is -1.40. The second kappa shape index (κ2) is 7.90. The number of aliphatic carboxylic acids is 2. The van der Waals surface area contributed by atoms with E-state index < -0.39 is 71.5 Å². The molecule has 1 aliphatic rings. The maximum Gasteiger partial charge on any atom is 0.341 e. The van der Waals surface area contributed by atoms with Gasteiger partial charge in [-0.15, -0.1) is 0 Å². The van der Waals surface area contributed by atoms with Crippen LogP contribution in [0, 0.1) is 0 Å². The fourth-order valence-electron chi connectivity index (χ4n) is 2.14. The largest absolute Gasteiger partial charge is 0.509 e. The Morgan fingerprint density at radius 3 is 2.15 bits per heavy atom. The average molecular weight is 374 g/mol. The molecule has 2 atom stereocenters. The molecule has 0 bridgehead atoms. The van der Waals surface area contributed by atoms with Crippen molar-refractivity contribution in [2.45, 2.75) is 24.0 Å². The van der Waals surface area contributed by atoms with Gasteiger partial charge in [0.2, 0.25) is 11.4 Å². The highest BCUT2D eigenvalue weighted by Crippen LogP contribution is 2.22. The molecule has 0 aliphatic carbocycles. The molecule has 13 heteroatoms. The fraction of sp³-hybridized carbons (Fsp3) is 0.462. The highest BCUT2D eigenvalue weighted by molar-refractivity contribution is 6.24. The van der Waals surface area contributed by atoms with Gasteiger partial charge in [-0.25, -0.2) is 9.59 Å². The zero-order chi connectivity index (χ0) is 20.2. The molecule has 1 rings (SSSR count). The average Bonchev–Trinajstić information content (AvgIpc) is 2.86. The molecule has 0 aromatic heterocycles. The number of carboxylic acid groups (broad SMARTS) is 2. The smallest absolute Gasteiger partial charge is 0.341 e. The summed E-state index contributed by atoms with van der Waals surface area (Å²) >= 11 is 0. The van der Waals surface area contributed by atoms with Crippen molar-refractivity contribution >= 4 is 29.5 Å². The number of nitrogens with two attached hydrogens (primary N) is 2. The van der Waals surface area contributed by atoms with E-state index in [4.69, 9.17) is 16.6 Å². The summed E-state index contributed by atoms with van der Waals surface area (Å²) in [5.41, 5.74) is 6.46. The topological polar surface area (TPSA) is 242 Å². The van der Waals surface area contributed by atoms with E-state index in [0.717, 1.165) is 0 Å². The quantitative estimate of drug-likeness (QED) is 0.141. The van der Waals surface area contributed by atoms with Crippen LogP contribution in [0.4, 0.5) is 0 Å². The van der Waals surface area contributed by atoms with E-state index in [1.54, 1.807) is 5.32 Å². The number of amides is 2. The summed E-state index contributed by atoms with van der Waals surface area (Å²) < 4.78 is 0. The molecule has 144 valence electrons. The second-order valence-electron chi connectivity index (χ2n) is 5.42. The Kier molecular flexibility index (Phi) is 6.39. The highest BCUT2D eigenvalue weighted by atomic mass is 16.4. The number of hydrogen-bond donors (Lipinski definition) is 8. The lowest BCUT2D eigenvalue weighted by Gasteiger charge is -2.26. The molecule has 0 saturated carbocycles. The van der Waals surface area contributed by atoms with Crippen molar-refractivity contribution in [3.8, 4) is 0 Å². The number of hydrogen-bond acceptors (Lipinski definition) is 9. The Balaban J connectivity index is 3.26.